The smallest absolute Gasteiger partial charge is 0.317 e. The Bertz CT molecular complexity index is 1810. The van der Waals surface area contributed by atoms with Crippen molar-refractivity contribution in [3.05, 3.63) is 0 Å². The lowest BCUT2D eigenvalue weighted by Crippen LogP contribution is -2.63. The summed E-state index contributed by atoms with van der Waals surface area (Å²) in [7, 11) is -4.17. The minimum absolute atomic E-state index is 0.00735. The standard InChI is InChI=1S/C44H75N7O14S/c1-28(4-7-36(54)45-10-19-66(63,64)65)31-5-6-32-42-33(22-35(53)44(31,32)3)43(2)9-8-30(20-29(43)21-34(42)52)47-37(55)23-46-38(56)24-48-11-13-49(25-39(57)58)15-17-51(27-41(61)62)18-16-50(14-12-48)26-40(59)60/h28-35,42,52-53H,4-27H2,1-3H3,(H,45,54)(H,46,56)(H,47,55)(H,57,58)(H,59,60)(H,61,62)(H,63,64,65)/t28-,29+,30+,31-,32+,33+,34-,35+,42+,43+,44-/m1/s1. The van der Waals surface area contributed by atoms with Crippen molar-refractivity contribution >= 4 is 45.7 Å². The average Bonchev–Trinajstić information content (AvgIpc) is 3.58. The Balaban J connectivity index is 1.12. The van der Waals surface area contributed by atoms with Gasteiger partial charge in [-0.05, 0) is 97.7 Å². The van der Waals surface area contributed by atoms with Crippen LogP contribution in [-0.4, -0.2) is 209 Å². The summed E-state index contributed by atoms with van der Waals surface area (Å²) in [5.41, 5.74) is -0.605. The van der Waals surface area contributed by atoms with Gasteiger partial charge in [-0.15, -0.1) is 0 Å². The fourth-order valence-corrected chi connectivity index (χ4v) is 13.1. The number of carbonyl (C=O) groups excluding carboxylic acids is 3. The van der Waals surface area contributed by atoms with Crippen molar-refractivity contribution in [2.24, 2.45) is 46.3 Å². The van der Waals surface area contributed by atoms with Crippen LogP contribution in [0.3, 0.4) is 0 Å². The highest BCUT2D eigenvalue weighted by atomic mass is 32.2. The number of nitrogens with zero attached hydrogens (tertiary/aromatic N) is 4. The summed E-state index contributed by atoms with van der Waals surface area (Å²) in [6.07, 6.45) is 4.62. The Morgan fingerprint density at radius 1 is 0.682 bits per heavy atom. The molecule has 3 amide bonds. The van der Waals surface area contributed by atoms with Crippen LogP contribution in [0.4, 0.5) is 0 Å². The van der Waals surface area contributed by atoms with E-state index < -0.39 is 57.3 Å². The predicted octanol–water partition coefficient (Wildman–Crippen LogP) is -0.916. The number of fused-ring (bicyclic) bond motifs is 5. The van der Waals surface area contributed by atoms with Gasteiger partial charge in [-0.1, -0.05) is 20.8 Å². The number of carboxylic acid groups (broad SMARTS) is 3. The molecule has 0 radical (unpaired) electrons. The monoisotopic (exact) mass is 958 g/mol. The summed E-state index contributed by atoms with van der Waals surface area (Å²) in [6.45, 7) is 7.19. The van der Waals surface area contributed by atoms with Crippen LogP contribution < -0.4 is 16.0 Å². The van der Waals surface area contributed by atoms with Crippen molar-refractivity contribution in [2.75, 3.05) is 97.4 Å². The van der Waals surface area contributed by atoms with Gasteiger partial charge in [0.1, 0.15) is 0 Å². The first-order valence-electron chi connectivity index (χ1n) is 23.7. The van der Waals surface area contributed by atoms with Crippen molar-refractivity contribution in [3.63, 3.8) is 0 Å². The third kappa shape index (κ3) is 14.3. The zero-order valence-corrected chi connectivity index (χ0v) is 39.6. The van der Waals surface area contributed by atoms with E-state index in [9.17, 15) is 62.7 Å². The largest absolute Gasteiger partial charge is 0.480 e. The number of carbonyl (C=O) groups is 6. The Morgan fingerprint density at radius 3 is 1.73 bits per heavy atom. The number of rotatable bonds is 18. The number of carboxylic acids is 3. The number of amides is 3. The zero-order valence-electron chi connectivity index (χ0n) is 38.8. The first kappa shape index (κ1) is 53.4. The number of hydrogen-bond acceptors (Lipinski definition) is 14. The molecule has 0 aromatic carbocycles. The molecule has 5 fully saturated rings. The minimum Gasteiger partial charge on any atom is -0.480 e. The first-order chi connectivity index (χ1) is 31.0. The number of aliphatic hydroxyl groups is 2. The molecule has 5 rings (SSSR count). The lowest BCUT2D eigenvalue weighted by molar-refractivity contribution is -0.202. The average molecular weight is 958 g/mol. The maximum absolute atomic E-state index is 13.3. The van der Waals surface area contributed by atoms with Gasteiger partial charge >= 0.3 is 17.9 Å². The highest BCUT2D eigenvalue weighted by Gasteiger charge is 2.65. The normalized spacial score (nSPS) is 33.4. The van der Waals surface area contributed by atoms with Crippen molar-refractivity contribution < 1.29 is 67.3 Å². The van der Waals surface area contributed by atoms with Crippen LogP contribution in [-0.2, 0) is 38.9 Å². The SMILES string of the molecule is C[C@H](CCC(=O)NCCS(=O)(=O)O)[C@H]1CC[C@H]2[C@@H]3[C@H](O)C[C@@H]4C[C@@H](NC(=O)CNC(=O)CN5CCN(CC(=O)O)CCN(CC(=O)O)CCN(CC(=O)O)CC5)CC[C@]4(C)[C@H]3C[C@H](O)[C@]12C. The van der Waals surface area contributed by atoms with Crippen LogP contribution in [0.1, 0.15) is 78.6 Å². The van der Waals surface area contributed by atoms with Crippen molar-refractivity contribution in [3.8, 4) is 0 Å². The Morgan fingerprint density at radius 2 is 1.21 bits per heavy atom. The third-order valence-electron chi connectivity index (χ3n) is 16.2. The second kappa shape index (κ2) is 23.2. The van der Waals surface area contributed by atoms with Gasteiger partial charge in [-0.25, -0.2) is 0 Å². The number of hydrogen-bond donors (Lipinski definition) is 9. The van der Waals surface area contributed by atoms with E-state index in [-0.39, 0.29) is 157 Å². The highest BCUT2D eigenvalue weighted by molar-refractivity contribution is 7.85. The van der Waals surface area contributed by atoms with Gasteiger partial charge in [0.05, 0.1) is 50.7 Å². The molecule has 0 unspecified atom stereocenters. The molecule has 4 aliphatic carbocycles. The highest BCUT2D eigenvalue weighted by Crippen LogP contribution is 2.68. The van der Waals surface area contributed by atoms with Gasteiger partial charge < -0.3 is 41.5 Å². The summed E-state index contributed by atoms with van der Waals surface area (Å²) < 4.78 is 31.0. The van der Waals surface area contributed by atoms with Crippen LogP contribution in [0.25, 0.3) is 0 Å². The number of aliphatic carboxylic acids is 3. The van der Waals surface area contributed by atoms with E-state index in [2.05, 4.69) is 36.7 Å². The number of nitrogens with one attached hydrogen (secondary N) is 3. The molecule has 1 saturated heterocycles. The summed E-state index contributed by atoms with van der Waals surface area (Å²) in [6, 6.07) is -0.168. The van der Waals surface area contributed by atoms with E-state index in [0.717, 1.165) is 19.3 Å². The summed E-state index contributed by atoms with van der Waals surface area (Å²) in [5.74, 6) is -4.24. The first-order valence-corrected chi connectivity index (χ1v) is 25.3. The van der Waals surface area contributed by atoms with Crippen LogP contribution in [0, 0.1) is 46.3 Å². The second-order valence-corrected chi connectivity index (χ2v) is 21.9. The van der Waals surface area contributed by atoms with Gasteiger partial charge in [0.15, 0.2) is 0 Å². The van der Waals surface area contributed by atoms with Gasteiger partial charge in [0.25, 0.3) is 10.1 Å². The Kier molecular flexibility index (Phi) is 18.8. The molecule has 66 heavy (non-hydrogen) atoms. The van der Waals surface area contributed by atoms with Crippen molar-refractivity contribution in [2.45, 2.75) is 96.8 Å². The van der Waals surface area contributed by atoms with E-state index >= 15 is 0 Å². The van der Waals surface area contributed by atoms with Crippen LogP contribution in [0.2, 0.25) is 0 Å². The van der Waals surface area contributed by atoms with Gasteiger partial charge in [-0.3, -0.25) is 52.9 Å². The molecule has 0 spiro atoms. The zero-order chi connectivity index (χ0) is 48.6. The van der Waals surface area contributed by atoms with E-state index in [1.165, 1.54) is 0 Å². The molecule has 1 heterocycles. The lowest BCUT2D eigenvalue weighted by atomic mass is 9.43. The van der Waals surface area contributed by atoms with Crippen LogP contribution in [0.15, 0.2) is 0 Å². The molecule has 1 aliphatic heterocycles. The second-order valence-electron chi connectivity index (χ2n) is 20.4. The van der Waals surface area contributed by atoms with Crippen molar-refractivity contribution in [1.29, 1.82) is 0 Å². The summed E-state index contributed by atoms with van der Waals surface area (Å²) in [5, 5.41) is 60.7. The van der Waals surface area contributed by atoms with Crippen molar-refractivity contribution in [1.82, 2.24) is 35.6 Å². The van der Waals surface area contributed by atoms with E-state index in [1.54, 1.807) is 19.6 Å². The van der Waals surface area contributed by atoms with E-state index in [0.29, 0.717) is 32.1 Å². The Labute approximate surface area is 388 Å². The molecule has 11 atom stereocenters. The molecular formula is C44H75N7O14S. The fraction of sp³-hybridized carbons (Fsp3) is 0.864. The number of aliphatic hydroxyl groups excluding tert-OH is 2. The summed E-state index contributed by atoms with van der Waals surface area (Å²) in [4.78, 5) is 80.6. The van der Waals surface area contributed by atoms with Crippen LogP contribution in [0.5, 0.6) is 0 Å². The molecule has 0 aromatic rings. The molecule has 4 saturated carbocycles. The molecule has 376 valence electrons. The molecule has 21 nitrogen and oxygen atoms in total. The lowest BCUT2D eigenvalue weighted by Gasteiger charge is -2.63. The summed E-state index contributed by atoms with van der Waals surface area (Å²) >= 11 is 0. The molecule has 5 aliphatic rings. The molecule has 9 N–H and O–H groups in total. The molecule has 0 bridgehead atoms. The third-order valence-corrected chi connectivity index (χ3v) is 17.0. The van der Waals surface area contributed by atoms with Crippen LogP contribution >= 0.6 is 0 Å². The van der Waals surface area contributed by atoms with Gasteiger partial charge in [-0.2, -0.15) is 8.42 Å². The van der Waals surface area contributed by atoms with Gasteiger partial charge in [0.2, 0.25) is 17.7 Å². The fourth-order valence-electron chi connectivity index (χ4n) is 12.8. The minimum atomic E-state index is -4.17. The van der Waals surface area contributed by atoms with E-state index in [1.807, 2.05) is 0 Å². The van der Waals surface area contributed by atoms with E-state index in [4.69, 9.17) is 4.55 Å². The maximum atomic E-state index is 13.3. The Hall–Kier alpha value is -3.51. The quantitative estimate of drug-likeness (QED) is 0.0751. The predicted molar refractivity (Wildman–Crippen MR) is 239 cm³/mol. The molecule has 22 heteroatoms. The van der Waals surface area contributed by atoms with Gasteiger partial charge in [0, 0.05) is 71.4 Å². The molecule has 0 aromatic heterocycles. The molecular weight excluding hydrogens is 883 g/mol. The topological polar surface area (TPSA) is 307 Å². The maximum Gasteiger partial charge on any atom is 0.317 e.